The van der Waals surface area contributed by atoms with Gasteiger partial charge in [-0.25, -0.2) is 0 Å². The number of esters is 1. The Morgan fingerprint density at radius 3 is 2.31 bits per heavy atom. The molecule has 3 aromatic carbocycles. The normalized spacial score (nSPS) is 11.5. The van der Waals surface area contributed by atoms with E-state index in [1.54, 1.807) is 6.07 Å². The van der Waals surface area contributed by atoms with Gasteiger partial charge in [0.15, 0.2) is 0 Å². The predicted molar refractivity (Wildman–Crippen MR) is 115 cm³/mol. The van der Waals surface area contributed by atoms with Crippen LogP contribution in [-0.2, 0) is 9.53 Å². The Morgan fingerprint density at radius 1 is 1.00 bits per heavy atom. The number of hydrogen-bond acceptors (Lipinski definition) is 4. The lowest BCUT2D eigenvalue weighted by Gasteiger charge is -2.19. The SMILES string of the molecule is COC(=O)CC(NC(=O)c1cc(Br)ccc1O)c1ccc(-c2ccccc2)cc1. The van der Waals surface area contributed by atoms with Crippen LogP contribution in [0.4, 0.5) is 0 Å². The van der Waals surface area contributed by atoms with Crippen molar-refractivity contribution in [1.29, 1.82) is 0 Å². The number of phenols is 1. The van der Waals surface area contributed by atoms with E-state index in [-0.39, 0.29) is 17.7 Å². The molecule has 1 atom stereocenters. The molecule has 5 nitrogen and oxygen atoms in total. The first-order valence-corrected chi connectivity index (χ1v) is 9.79. The fourth-order valence-electron chi connectivity index (χ4n) is 2.97. The molecule has 0 aliphatic rings. The number of rotatable bonds is 6. The maximum Gasteiger partial charge on any atom is 0.307 e. The van der Waals surface area contributed by atoms with Gasteiger partial charge in [-0.2, -0.15) is 0 Å². The molecule has 0 aliphatic carbocycles. The van der Waals surface area contributed by atoms with E-state index < -0.39 is 17.9 Å². The largest absolute Gasteiger partial charge is 0.507 e. The molecule has 2 N–H and O–H groups in total. The smallest absolute Gasteiger partial charge is 0.307 e. The van der Waals surface area contributed by atoms with E-state index in [4.69, 9.17) is 4.74 Å². The molecule has 3 aromatic rings. The standard InChI is InChI=1S/C23H20BrNO4/c1-29-22(27)14-20(25-23(28)19-13-18(24)11-12-21(19)26)17-9-7-16(8-10-17)15-5-3-2-4-6-15/h2-13,20,26H,14H2,1H3,(H,25,28). The molecule has 29 heavy (non-hydrogen) atoms. The molecule has 0 heterocycles. The van der Waals surface area contributed by atoms with Gasteiger partial charge >= 0.3 is 5.97 Å². The summed E-state index contributed by atoms with van der Waals surface area (Å²) >= 11 is 3.29. The molecule has 0 saturated carbocycles. The number of methoxy groups -OCH3 is 1. The van der Waals surface area contributed by atoms with E-state index in [0.717, 1.165) is 16.7 Å². The molecule has 0 aromatic heterocycles. The molecule has 0 spiro atoms. The first kappa shape index (κ1) is 20.6. The van der Waals surface area contributed by atoms with Gasteiger partial charge in [0.1, 0.15) is 5.75 Å². The van der Waals surface area contributed by atoms with Crippen LogP contribution in [0.15, 0.2) is 77.3 Å². The third-order valence-corrected chi connectivity index (χ3v) is 5.02. The van der Waals surface area contributed by atoms with E-state index in [9.17, 15) is 14.7 Å². The summed E-state index contributed by atoms with van der Waals surface area (Å²) in [6, 6.07) is 21.5. The zero-order valence-corrected chi connectivity index (χ0v) is 17.3. The molecule has 0 aliphatic heterocycles. The van der Waals surface area contributed by atoms with Gasteiger partial charge in [0.05, 0.1) is 25.1 Å². The fraction of sp³-hybridized carbons (Fsp3) is 0.130. The van der Waals surface area contributed by atoms with Crippen LogP contribution in [0.3, 0.4) is 0 Å². The summed E-state index contributed by atoms with van der Waals surface area (Å²) in [7, 11) is 1.31. The highest BCUT2D eigenvalue weighted by molar-refractivity contribution is 9.10. The third kappa shape index (κ3) is 5.23. The Labute approximate surface area is 177 Å². The van der Waals surface area contributed by atoms with Crippen LogP contribution in [0.5, 0.6) is 5.75 Å². The van der Waals surface area contributed by atoms with Crippen LogP contribution in [-0.4, -0.2) is 24.1 Å². The maximum absolute atomic E-state index is 12.7. The number of carbonyl (C=O) groups excluding carboxylic acids is 2. The Kier molecular flexibility index (Phi) is 6.67. The molecule has 0 fully saturated rings. The summed E-state index contributed by atoms with van der Waals surface area (Å²) < 4.78 is 5.44. The van der Waals surface area contributed by atoms with E-state index >= 15 is 0 Å². The monoisotopic (exact) mass is 453 g/mol. The molecule has 6 heteroatoms. The minimum Gasteiger partial charge on any atom is -0.507 e. The topological polar surface area (TPSA) is 75.6 Å². The Hall–Kier alpha value is -3.12. The summed E-state index contributed by atoms with van der Waals surface area (Å²) in [6.45, 7) is 0. The second-order valence-electron chi connectivity index (χ2n) is 6.46. The van der Waals surface area contributed by atoms with Crippen molar-refractivity contribution in [3.63, 3.8) is 0 Å². The van der Waals surface area contributed by atoms with E-state index in [0.29, 0.717) is 4.47 Å². The Bertz CT molecular complexity index is 1000. The van der Waals surface area contributed by atoms with Gasteiger partial charge in [-0.1, -0.05) is 70.5 Å². The van der Waals surface area contributed by atoms with Gasteiger partial charge in [-0.3, -0.25) is 9.59 Å². The number of aromatic hydroxyl groups is 1. The third-order valence-electron chi connectivity index (χ3n) is 4.53. The highest BCUT2D eigenvalue weighted by Gasteiger charge is 2.21. The lowest BCUT2D eigenvalue weighted by molar-refractivity contribution is -0.141. The van der Waals surface area contributed by atoms with Gasteiger partial charge in [0.25, 0.3) is 5.91 Å². The predicted octanol–water partition coefficient (Wildman–Crippen LogP) is 4.86. The zero-order chi connectivity index (χ0) is 20.8. The van der Waals surface area contributed by atoms with Gasteiger partial charge in [0.2, 0.25) is 0 Å². The first-order chi connectivity index (χ1) is 14.0. The van der Waals surface area contributed by atoms with E-state index in [1.807, 2.05) is 54.6 Å². The molecular weight excluding hydrogens is 434 g/mol. The molecule has 1 amide bonds. The van der Waals surface area contributed by atoms with Gasteiger partial charge < -0.3 is 15.2 Å². The van der Waals surface area contributed by atoms with Crippen molar-refractivity contribution in [3.8, 4) is 16.9 Å². The number of halogens is 1. The van der Waals surface area contributed by atoms with E-state index in [1.165, 1.54) is 19.2 Å². The number of hydrogen-bond donors (Lipinski definition) is 2. The highest BCUT2D eigenvalue weighted by Crippen LogP contribution is 2.26. The number of nitrogens with one attached hydrogen (secondary N) is 1. The zero-order valence-electron chi connectivity index (χ0n) is 15.8. The molecule has 0 saturated heterocycles. The Balaban J connectivity index is 1.86. The minimum absolute atomic E-state index is 0.0261. The molecule has 148 valence electrons. The van der Waals surface area contributed by atoms with Crippen LogP contribution >= 0.6 is 15.9 Å². The van der Waals surface area contributed by atoms with Crippen molar-refractivity contribution in [3.05, 3.63) is 88.4 Å². The number of phenolic OH excluding ortho intramolecular Hbond substituents is 1. The summed E-state index contributed by atoms with van der Waals surface area (Å²) in [6.07, 6.45) is -0.0261. The summed E-state index contributed by atoms with van der Waals surface area (Å²) in [5.41, 5.74) is 2.99. The quantitative estimate of drug-likeness (QED) is 0.522. The molecule has 0 bridgehead atoms. The van der Waals surface area contributed by atoms with Crippen molar-refractivity contribution in [2.45, 2.75) is 12.5 Å². The summed E-state index contributed by atoms with van der Waals surface area (Å²) in [4.78, 5) is 24.6. The van der Waals surface area contributed by atoms with Gasteiger partial charge in [0, 0.05) is 4.47 Å². The van der Waals surface area contributed by atoms with Crippen LogP contribution in [0.1, 0.15) is 28.4 Å². The van der Waals surface area contributed by atoms with Gasteiger partial charge in [-0.05, 0) is 34.9 Å². The van der Waals surface area contributed by atoms with Crippen molar-refractivity contribution in [1.82, 2.24) is 5.32 Å². The second-order valence-corrected chi connectivity index (χ2v) is 7.37. The number of carbonyl (C=O) groups is 2. The summed E-state index contributed by atoms with van der Waals surface area (Å²) in [5.74, 6) is -1.06. The van der Waals surface area contributed by atoms with Crippen molar-refractivity contribution >= 4 is 27.8 Å². The van der Waals surface area contributed by atoms with Crippen LogP contribution < -0.4 is 5.32 Å². The molecule has 3 rings (SSSR count). The second kappa shape index (κ2) is 9.39. The van der Waals surface area contributed by atoms with Crippen LogP contribution in [0, 0.1) is 0 Å². The fourth-order valence-corrected chi connectivity index (χ4v) is 3.33. The first-order valence-electron chi connectivity index (χ1n) is 8.99. The number of amides is 1. The van der Waals surface area contributed by atoms with Crippen molar-refractivity contribution in [2.24, 2.45) is 0 Å². The minimum atomic E-state index is -0.599. The van der Waals surface area contributed by atoms with E-state index in [2.05, 4.69) is 21.2 Å². The highest BCUT2D eigenvalue weighted by atomic mass is 79.9. The van der Waals surface area contributed by atoms with Crippen LogP contribution in [0.2, 0.25) is 0 Å². The van der Waals surface area contributed by atoms with Crippen LogP contribution in [0.25, 0.3) is 11.1 Å². The molecule has 1 unspecified atom stereocenters. The number of benzene rings is 3. The lowest BCUT2D eigenvalue weighted by atomic mass is 9.98. The number of ether oxygens (including phenoxy) is 1. The molecule has 0 radical (unpaired) electrons. The molecular formula is C23H20BrNO4. The average molecular weight is 454 g/mol. The van der Waals surface area contributed by atoms with Crippen molar-refractivity contribution in [2.75, 3.05) is 7.11 Å². The van der Waals surface area contributed by atoms with Gasteiger partial charge in [-0.15, -0.1) is 0 Å². The summed E-state index contributed by atoms with van der Waals surface area (Å²) in [5, 5.41) is 12.8. The average Bonchev–Trinajstić information content (AvgIpc) is 2.75. The Morgan fingerprint density at radius 2 is 1.66 bits per heavy atom. The van der Waals surface area contributed by atoms with Crippen molar-refractivity contribution < 1.29 is 19.4 Å². The maximum atomic E-state index is 12.7. The lowest BCUT2D eigenvalue weighted by Crippen LogP contribution is -2.30.